The topological polar surface area (TPSA) is 61.6 Å². The second kappa shape index (κ2) is 6.00. The Hall–Kier alpha value is -0.950. The number of carbonyl (C=O) groups excluding carboxylic acids is 1. The number of hydrogen-bond acceptors (Lipinski definition) is 5. The molecule has 19 heavy (non-hydrogen) atoms. The first-order chi connectivity index (χ1) is 9.01. The number of nitrogens with two attached hydrogens (primary N) is 1. The number of aryl methyl sites for hydroxylation is 1. The Morgan fingerprint density at radius 2 is 2.37 bits per heavy atom. The highest BCUT2D eigenvalue weighted by Crippen LogP contribution is 2.24. The van der Waals surface area contributed by atoms with Crippen LogP contribution < -0.4 is 11.3 Å². The van der Waals surface area contributed by atoms with Gasteiger partial charge in [0.2, 0.25) is 0 Å². The third kappa shape index (κ3) is 3.33. The number of hydrazine groups is 1. The normalized spacial score (nSPS) is 20.2. The number of amides is 1. The van der Waals surface area contributed by atoms with Crippen LogP contribution in [0.15, 0.2) is 6.07 Å². The molecular formula is C13H22N4OS. The molecule has 1 atom stereocenters. The van der Waals surface area contributed by atoms with Gasteiger partial charge in [0, 0.05) is 30.6 Å². The molecular weight excluding hydrogens is 260 g/mol. The lowest BCUT2D eigenvalue weighted by Gasteiger charge is -2.20. The number of thiophene rings is 1. The van der Waals surface area contributed by atoms with Gasteiger partial charge in [0.25, 0.3) is 5.91 Å². The maximum Gasteiger partial charge on any atom is 0.275 e. The van der Waals surface area contributed by atoms with Crippen molar-refractivity contribution in [2.24, 2.45) is 5.84 Å². The largest absolute Gasteiger partial charge is 0.305 e. The molecule has 1 saturated heterocycles. The second-order valence-electron chi connectivity index (χ2n) is 5.31. The van der Waals surface area contributed by atoms with Crippen molar-refractivity contribution in [1.29, 1.82) is 0 Å². The Morgan fingerprint density at radius 1 is 1.63 bits per heavy atom. The molecule has 1 aliphatic rings. The summed E-state index contributed by atoms with van der Waals surface area (Å²) in [4.78, 5) is 18.1. The predicted octanol–water partition coefficient (Wildman–Crippen LogP) is 0.796. The molecule has 2 heterocycles. The van der Waals surface area contributed by atoms with E-state index in [1.165, 1.54) is 28.2 Å². The highest BCUT2D eigenvalue weighted by Gasteiger charge is 2.24. The highest BCUT2D eigenvalue weighted by atomic mass is 32.1. The zero-order valence-electron chi connectivity index (χ0n) is 11.8. The Morgan fingerprint density at radius 3 is 2.95 bits per heavy atom. The van der Waals surface area contributed by atoms with Crippen LogP contribution >= 0.6 is 11.3 Å². The SMILES string of the molecule is Cc1sc(C(=O)NN)cc1CN1CCC(N(C)C)C1. The lowest BCUT2D eigenvalue weighted by Crippen LogP contribution is -2.31. The van der Waals surface area contributed by atoms with Gasteiger partial charge >= 0.3 is 0 Å². The minimum atomic E-state index is -0.202. The molecule has 1 unspecified atom stereocenters. The van der Waals surface area contributed by atoms with Crippen LogP contribution in [0.2, 0.25) is 0 Å². The quantitative estimate of drug-likeness (QED) is 0.487. The fourth-order valence-corrected chi connectivity index (χ4v) is 3.42. The molecule has 0 spiro atoms. The van der Waals surface area contributed by atoms with Crippen molar-refractivity contribution in [2.45, 2.75) is 25.9 Å². The average molecular weight is 282 g/mol. The van der Waals surface area contributed by atoms with E-state index in [-0.39, 0.29) is 5.91 Å². The van der Waals surface area contributed by atoms with Gasteiger partial charge in [0.05, 0.1) is 4.88 Å². The van der Waals surface area contributed by atoms with Gasteiger partial charge in [-0.3, -0.25) is 15.1 Å². The minimum Gasteiger partial charge on any atom is -0.305 e. The molecule has 1 fully saturated rings. The molecule has 1 aromatic rings. The summed E-state index contributed by atoms with van der Waals surface area (Å²) in [6.07, 6.45) is 1.21. The average Bonchev–Trinajstić information content (AvgIpc) is 2.97. The van der Waals surface area contributed by atoms with Crippen molar-refractivity contribution in [1.82, 2.24) is 15.2 Å². The van der Waals surface area contributed by atoms with E-state index in [1.54, 1.807) is 0 Å². The molecule has 5 nitrogen and oxygen atoms in total. The molecule has 0 radical (unpaired) electrons. The number of likely N-dealkylation sites (tertiary alicyclic amines) is 1. The van der Waals surface area contributed by atoms with Crippen LogP contribution in [0, 0.1) is 6.92 Å². The van der Waals surface area contributed by atoms with Crippen molar-refractivity contribution >= 4 is 17.2 Å². The number of nitrogens with zero attached hydrogens (tertiary/aromatic N) is 2. The fraction of sp³-hybridized carbons (Fsp3) is 0.615. The van der Waals surface area contributed by atoms with Crippen molar-refractivity contribution < 1.29 is 4.79 Å². The molecule has 2 rings (SSSR count). The summed E-state index contributed by atoms with van der Waals surface area (Å²) in [5, 5.41) is 0. The molecule has 1 amide bonds. The van der Waals surface area contributed by atoms with Crippen molar-refractivity contribution in [2.75, 3.05) is 27.2 Å². The summed E-state index contributed by atoms with van der Waals surface area (Å²) >= 11 is 1.51. The van der Waals surface area contributed by atoms with Gasteiger partial charge in [0.15, 0.2) is 0 Å². The van der Waals surface area contributed by atoms with Crippen molar-refractivity contribution in [3.63, 3.8) is 0 Å². The lowest BCUT2D eigenvalue weighted by atomic mass is 10.2. The maximum atomic E-state index is 11.5. The molecule has 6 heteroatoms. The van der Waals surface area contributed by atoms with Crippen LogP contribution in [-0.4, -0.2) is 48.9 Å². The van der Waals surface area contributed by atoms with Crippen LogP contribution in [0.25, 0.3) is 0 Å². The maximum absolute atomic E-state index is 11.5. The van der Waals surface area contributed by atoms with E-state index in [9.17, 15) is 4.79 Å². The van der Waals surface area contributed by atoms with E-state index < -0.39 is 0 Å². The summed E-state index contributed by atoms with van der Waals surface area (Å²) in [6, 6.07) is 2.61. The van der Waals surface area contributed by atoms with Crippen LogP contribution in [0.5, 0.6) is 0 Å². The van der Waals surface area contributed by atoms with Gasteiger partial charge in [-0.2, -0.15) is 0 Å². The molecule has 0 aromatic carbocycles. The number of rotatable bonds is 4. The molecule has 3 N–H and O–H groups in total. The Labute approximate surface area is 118 Å². The summed E-state index contributed by atoms with van der Waals surface area (Å²) < 4.78 is 0. The van der Waals surface area contributed by atoms with Crippen molar-refractivity contribution in [3.05, 3.63) is 21.4 Å². The number of hydrogen-bond donors (Lipinski definition) is 2. The zero-order chi connectivity index (χ0) is 14.0. The Balaban J connectivity index is 2.00. The van der Waals surface area contributed by atoms with Crippen LogP contribution in [-0.2, 0) is 6.54 Å². The van der Waals surface area contributed by atoms with E-state index in [0.29, 0.717) is 10.9 Å². The van der Waals surface area contributed by atoms with Gasteiger partial charge in [-0.15, -0.1) is 11.3 Å². The molecule has 106 valence electrons. The third-order valence-electron chi connectivity index (χ3n) is 3.75. The van der Waals surface area contributed by atoms with Crippen LogP contribution in [0.4, 0.5) is 0 Å². The first kappa shape index (κ1) is 14.5. The summed E-state index contributed by atoms with van der Waals surface area (Å²) in [5.74, 6) is 4.97. The number of likely N-dealkylation sites (N-methyl/N-ethyl adjacent to an activating group) is 1. The van der Waals surface area contributed by atoms with E-state index in [0.717, 1.165) is 19.6 Å². The van der Waals surface area contributed by atoms with E-state index in [2.05, 4.69) is 36.2 Å². The zero-order valence-corrected chi connectivity index (χ0v) is 12.6. The fourth-order valence-electron chi connectivity index (χ4n) is 2.48. The van der Waals surface area contributed by atoms with Gasteiger partial charge < -0.3 is 4.90 Å². The summed E-state index contributed by atoms with van der Waals surface area (Å²) in [6.45, 7) is 5.20. The summed E-state index contributed by atoms with van der Waals surface area (Å²) in [5.41, 5.74) is 3.43. The first-order valence-electron chi connectivity index (χ1n) is 6.50. The van der Waals surface area contributed by atoms with E-state index >= 15 is 0 Å². The van der Waals surface area contributed by atoms with Gasteiger partial charge in [-0.25, -0.2) is 5.84 Å². The molecule has 0 aliphatic carbocycles. The predicted molar refractivity (Wildman–Crippen MR) is 78.1 cm³/mol. The number of nitrogens with one attached hydrogen (secondary N) is 1. The van der Waals surface area contributed by atoms with Crippen LogP contribution in [0.1, 0.15) is 26.5 Å². The Kier molecular flexibility index (Phi) is 4.57. The van der Waals surface area contributed by atoms with Gasteiger partial charge in [-0.1, -0.05) is 0 Å². The standard InChI is InChI=1S/C13H22N4OS/c1-9-10(6-12(19-9)13(18)15-14)7-17-5-4-11(8-17)16(2)3/h6,11H,4-5,7-8,14H2,1-3H3,(H,15,18). The smallest absolute Gasteiger partial charge is 0.275 e. The second-order valence-corrected chi connectivity index (χ2v) is 6.56. The van der Waals surface area contributed by atoms with E-state index in [4.69, 9.17) is 5.84 Å². The van der Waals surface area contributed by atoms with E-state index in [1.807, 2.05) is 6.07 Å². The monoisotopic (exact) mass is 282 g/mol. The van der Waals surface area contributed by atoms with Crippen LogP contribution in [0.3, 0.4) is 0 Å². The minimum absolute atomic E-state index is 0.202. The summed E-state index contributed by atoms with van der Waals surface area (Å²) in [7, 11) is 4.27. The Bertz CT molecular complexity index is 457. The lowest BCUT2D eigenvalue weighted by molar-refractivity contribution is 0.0957. The number of nitrogen functional groups attached to an aromatic ring is 1. The number of carbonyl (C=O) groups is 1. The molecule has 1 aromatic heterocycles. The highest BCUT2D eigenvalue weighted by molar-refractivity contribution is 7.14. The molecule has 1 aliphatic heterocycles. The van der Waals surface area contributed by atoms with Gasteiger partial charge in [-0.05, 0) is 39.1 Å². The van der Waals surface area contributed by atoms with Crippen molar-refractivity contribution in [3.8, 4) is 0 Å². The van der Waals surface area contributed by atoms with Gasteiger partial charge in [0.1, 0.15) is 0 Å². The third-order valence-corrected chi connectivity index (χ3v) is 4.84. The first-order valence-corrected chi connectivity index (χ1v) is 7.32. The molecule has 0 saturated carbocycles. The molecule has 0 bridgehead atoms.